The Labute approximate surface area is 121 Å². The van der Waals surface area contributed by atoms with E-state index in [-0.39, 0.29) is 5.91 Å². The van der Waals surface area contributed by atoms with E-state index in [2.05, 4.69) is 0 Å². The average molecular weight is 285 g/mol. The number of amides is 1. The summed E-state index contributed by atoms with van der Waals surface area (Å²) >= 11 is 0. The Morgan fingerprint density at radius 3 is 2.90 bits per heavy atom. The van der Waals surface area contributed by atoms with Gasteiger partial charge in [0, 0.05) is 5.69 Å². The summed E-state index contributed by atoms with van der Waals surface area (Å²) in [4.78, 5) is 26.0. The second-order valence-electron chi connectivity index (χ2n) is 5.95. The molecule has 1 spiro atoms. The Hall–Kier alpha value is -2.14. The molecular weight excluding hydrogens is 270 g/mol. The van der Waals surface area contributed by atoms with E-state index in [1.807, 2.05) is 37.3 Å². The maximum absolute atomic E-state index is 12.8. The fourth-order valence-corrected chi connectivity index (χ4v) is 3.85. The van der Waals surface area contributed by atoms with Gasteiger partial charge in [-0.2, -0.15) is 0 Å². The number of ether oxygens (including phenoxy) is 1. The molecule has 3 heterocycles. The number of hydrogen-bond acceptors (Lipinski definition) is 3. The summed E-state index contributed by atoms with van der Waals surface area (Å²) in [6.07, 6.45) is 3.18. The van der Waals surface area contributed by atoms with Crippen molar-refractivity contribution >= 4 is 17.6 Å². The summed E-state index contributed by atoms with van der Waals surface area (Å²) in [7, 11) is 0. The zero-order valence-electron chi connectivity index (χ0n) is 11.5. The van der Waals surface area contributed by atoms with Crippen LogP contribution in [0.25, 0.3) is 0 Å². The first kappa shape index (κ1) is 12.6. The lowest BCUT2D eigenvalue weighted by molar-refractivity contribution is -0.146. The quantitative estimate of drug-likeness (QED) is 0.833. The fourth-order valence-electron chi connectivity index (χ4n) is 3.85. The van der Waals surface area contributed by atoms with Gasteiger partial charge in [-0.3, -0.25) is 9.59 Å². The summed E-state index contributed by atoms with van der Waals surface area (Å²) in [5.74, 6) is -2.51. The number of hydrogen-bond donors (Lipinski definition) is 1. The standard InChI is InChI=1S/C16H15NO4/c1-9-4-2-3-5-10(9)17-8-16-7-6-11(21-16)12(15(19)20)13(16)14(17)18/h2-7,11-13H,8H2,1H3,(H,19,20)/t11-,12-,13+,16+/m0/s1. The maximum Gasteiger partial charge on any atom is 0.310 e. The molecule has 4 rings (SSSR count). The highest BCUT2D eigenvalue weighted by molar-refractivity contribution is 6.02. The number of fused-ring (bicyclic) bond motifs is 1. The molecule has 5 nitrogen and oxygen atoms in total. The van der Waals surface area contributed by atoms with Crippen molar-refractivity contribution in [2.45, 2.75) is 18.6 Å². The molecule has 1 aromatic carbocycles. The van der Waals surface area contributed by atoms with Crippen LogP contribution in [0.5, 0.6) is 0 Å². The van der Waals surface area contributed by atoms with Crippen LogP contribution in [0.4, 0.5) is 5.69 Å². The molecular formula is C16H15NO4. The van der Waals surface area contributed by atoms with Gasteiger partial charge in [0.15, 0.2) is 0 Å². The molecule has 1 N–H and O–H groups in total. The van der Waals surface area contributed by atoms with Gasteiger partial charge >= 0.3 is 5.97 Å². The molecule has 2 bridgehead atoms. The van der Waals surface area contributed by atoms with Crippen LogP contribution in [0, 0.1) is 18.8 Å². The molecule has 0 aromatic heterocycles. The Balaban J connectivity index is 1.78. The minimum absolute atomic E-state index is 0.149. The van der Waals surface area contributed by atoms with Crippen molar-refractivity contribution in [2.24, 2.45) is 11.8 Å². The van der Waals surface area contributed by atoms with Gasteiger partial charge < -0.3 is 14.7 Å². The molecule has 1 aromatic rings. The highest BCUT2D eigenvalue weighted by Crippen LogP contribution is 2.52. The number of para-hydroxylation sites is 1. The fraction of sp³-hybridized carbons (Fsp3) is 0.375. The van der Waals surface area contributed by atoms with E-state index in [1.165, 1.54) is 0 Å². The predicted molar refractivity (Wildman–Crippen MR) is 74.9 cm³/mol. The number of aliphatic carboxylic acids is 1. The van der Waals surface area contributed by atoms with Crippen LogP contribution < -0.4 is 4.90 Å². The lowest BCUT2D eigenvalue weighted by Gasteiger charge is -2.22. The van der Waals surface area contributed by atoms with Gasteiger partial charge in [-0.25, -0.2) is 0 Å². The van der Waals surface area contributed by atoms with Crippen LogP contribution in [-0.4, -0.2) is 35.2 Å². The van der Waals surface area contributed by atoms with Crippen LogP contribution in [-0.2, 0) is 14.3 Å². The highest BCUT2D eigenvalue weighted by atomic mass is 16.5. The first-order valence-electron chi connectivity index (χ1n) is 7.00. The normalized spacial score (nSPS) is 36.3. The van der Waals surface area contributed by atoms with Gasteiger partial charge in [0.25, 0.3) is 0 Å². The van der Waals surface area contributed by atoms with Crippen LogP contribution >= 0.6 is 0 Å². The Bertz CT molecular complexity index is 683. The molecule has 0 saturated carbocycles. The van der Waals surface area contributed by atoms with Crippen molar-refractivity contribution in [1.82, 2.24) is 0 Å². The van der Waals surface area contributed by atoms with Crippen molar-refractivity contribution < 1.29 is 19.4 Å². The second kappa shape index (κ2) is 3.95. The third kappa shape index (κ3) is 1.49. The molecule has 2 fully saturated rings. The number of carbonyl (C=O) groups is 2. The number of rotatable bonds is 2. The molecule has 0 radical (unpaired) electrons. The lowest BCUT2D eigenvalue weighted by Crippen LogP contribution is -2.39. The highest BCUT2D eigenvalue weighted by Gasteiger charge is 2.67. The summed E-state index contributed by atoms with van der Waals surface area (Å²) in [5.41, 5.74) is 1.05. The first-order valence-corrected chi connectivity index (χ1v) is 7.00. The summed E-state index contributed by atoms with van der Waals surface area (Å²) in [6, 6.07) is 7.62. The van der Waals surface area contributed by atoms with Crippen molar-refractivity contribution in [1.29, 1.82) is 0 Å². The molecule has 1 amide bonds. The zero-order valence-corrected chi connectivity index (χ0v) is 11.5. The largest absolute Gasteiger partial charge is 0.481 e. The van der Waals surface area contributed by atoms with Crippen LogP contribution in [0.1, 0.15) is 5.56 Å². The number of carboxylic acids is 1. The molecule has 21 heavy (non-hydrogen) atoms. The van der Waals surface area contributed by atoms with Gasteiger partial charge in [-0.05, 0) is 18.6 Å². The van der Waals surface area contributed by atoms with Crippen molar-refractivity contribution in [2.75, 3.05) is 11.4 Å². The van der Waals surface area contributed by atoms with E-state index in [9.17, 15) is 14.7 Å². The zero-order chi connectivity index (χ0) is 14.8. The van der Waals surface area contributed by atoms with E-state index in [0.29, 0.717) is 6.54 Å². The molecule has 5 heteroatoms. The van der Waals surface area contributed by atoms with Gasteiger partial charge in [-0.1, -0.05) is 30.4 Å². The SMILES string of the molecule is Cc1ccccc1N1C[C@@]23C=C[C@H](O2)[C@H](C(=O)O)[C@@H]3C1=O. The topological polar surface area (TPSA) is 66.8 Å². The molecule has 108 valence electrons. The first-order chi connectivity index (χ1) is 10.0. The molecule has 3 aliphatic heterocycles. The molecule has 4 atom stereocenters. The number of aryl methyl sites for hydroxylation is 1. The van der Waals surface area contributed by atoms with Crippen LogP contribution in [0.3, 0.4) is 0 Å². The van der Waals surface area contributed by atoms with Crippen molar-refractivity contribution in [3.05, 3.63) is 42.0 Å². The summed E-state index contributed by atoms with van der Waals surface area (Å²) in [6.45, 7) is 2.33. The Morgan fingerprint density at radius 1 is 1.43 bits per heavy atom. The van der Waals surface area contributed by atoms with Gasteiger partial charge in [0.1, 0.15) is 11.5 Å². The molecule has 3 aliphatic rings. The van der Waals surface area contributed by atoms with Gasteiger partial charge in [0.05, 0.1) is 18.6 Å². The van der Waals surface area contributed by atoms with Crippen molar-refractivity contribution in [3.63, 3.8) is 0 Å². The third-order valence-corrected chi connectivity index (χ3v) is 4.79. The molecule has 0 aliphatic carbocycles. The van der Waals surface area contributed by atoms with E-state index in [1.54, 1.807) is 11.0 Å². The van der Waals surface area contributed by atoms with E-state index in [0.717, 1.165) is 11.3 Å². The smallest absolute Gasteiger partial charge is 0.310 e. The monoisotopic (exact) mass is 285 g/mol. The minimum Gasteiger partial charge on any atom is -0.481 e. The Morgan fingerprint density at radius 2 is 2.19 bits per heavy atom. The molecule has 0 unspecified atom stereocenters. The van der Waals surface area contributed by atoms with Crippen LogP contribution in [0.2, 0.25) is 0 Å². The number of nitrogens with zero attached hydrogens (tertiary/aromatic N) is 1. The van der Waals surface area contributed by atoms with E-state index in [4.69, 9.17) is 4.74 Å². The lowest BCUT2D eigenvalue weighted by atomic mass is 9.77. The van der Waals surface area contributed by atoms with Gasteiger partial charge in [0.2, 0.25) is 5.91 Å². The Kier molecular flexibility index (Phi) is 2.37. The third-order valence-electron chi connectivity index (χ3n) is 4.79. The minimum atomic E-state index is -0.962. The number of carbonyl (C=O) groups excluding carboxylic acids is 1. The van der Waals surface area contributed by atoms with Crippen LogP contribution in [0.15, 0.2) is 36.4 Å². The number of benzene rings is 1. The second-order valence-corrected chi connectivity index (χ2v) is 5.95. The number of anilines is 1. The maximum atomic E-state index is 12.8. The number of carboxylic acid groups (broad SMARTS) is 1. The van der Waals surface area contributed by atoms with E-state index < -0.39 is 29.5 Å². The summed E-state index contributed by atoms with van der Waals surface area (Å²) < 4.78 is 5.87. The average Bonchev–Trinajstić information content (AvgIpc) is 3.08. The summed E-state index contributed by atoms with van der Waals surface area (Å²) in [5, 5.41) is 9.42. The van der Waals surface area contributed by atoms with Gasteiger partial charge in [-0.15, -0.1) is 0 Å². The predicted octanol–water partition coefficient (Wildman–Crippen LogP) is 1.37. The van der Waals surface area contributed by atoms with Crippen molar-refractivity contribution in [3.8, 4) is 0 Å². The molecule has 2 saturated heterocycles. The van der Waals surface area contributed by atoms with E-state index >= 15 is 0 Å².